The van der Waals surface area contributed by atoms with Crippen LogP contribution in [-0.4, -0.2) is 22.4 Å². The van der Waals surface area contributed by atoms with Crippen LogP contribution in [0, 0.1) is 0 Å². The van der Waals surface area contributed by atoms with Crippen LogP contribution in [0.5, 0.6) is 5.88 Å². The molecule has 1 heterocycles. The van der Waals surface area contributed by atoms with Crippen molar-refractivity contribution in [3.8, 4) is 5.88 Å². The summed E-state index contributed by atoms with van der Waals surface area (Å²) in [5, 5.41) is 15.7. The summed E-state index contributed by atoms with van der Waals surface area (Å²) in [6.07, 6.45) is 0. The first kappa shape index (κ1) is 16.5. The van der Waals surface area contributed by atoms with Crippen LogP contribution in [-0.2, 0) is 11.3 Å². The largest absolute Gasteiger partial charge is 1.00 e. The van der Waals surface area contributed by atoms with Crippen LogP contribution < -0.4 is 39.4 Å². The number of benzene rings is 2. The molecule has 0 aliphatic heterocycles. The van der Waals surface area contributed by atoms with E-state index in [0.717, 1.165) is 16.5 Å². The van der Waals surface area contributed by atoms with Crippen molar-refractivity contribution in [3.05, 3.63) is 60.2 Å². The summed E-state index contributed by atoms with van der Waals surface area (Å²) in [4.78, 5) is 10.5. The maximum atomic E-state index is 10.5. The van der Waals surface area contributed by atoms with E-state index in [1.54, 1.807) is 4.68 Å². The van der Waals surface area contributed by atoms with Gasteiger partial charge in [0.05, 0.1) is 23.4 Å². The number of aliphatic carboxylic acids is 1. The van der Waals surface area contributed by atoms with Crippen molar-refractivity contribution in [2.24, 2.45) is 0 Å². The zero-order valence-electron chi connectivity index (χ0n) is 12.2. The third-order valence-electron chi connectivity index (χ3n) is 3.13. The Morgan fingerprint density at radius 1 is 1.09 bits per heavy atom. The quantitative estimate of drug-likeness (QED) is 0.523. The van der Waals surface area contributed by atoms with E-state index in [0.29, 0.717) is 12.4 Å². The standard InChI is InChI=1S/C16H14N2O3.Na/c19-15(20)11-21-16-13-8-4-5-9-14(13)18(17-16)10-12-6-2-1-3-7-12;/h1-9H,10-11H2,(H,19,20);/q;+1/p-1. The second-order valence-electron chi connectivity index (χ2n) is 4.63. The third kappa shape index (κ3) is 3.68. The predicted octanol–water partition coefficient (Wildman–Crippen LogP) is -1.78. The third-order valence-corrected chi connectivity index (χ3v) is 3.13. The first-order chi connectivity index (χ1) is 10.2. The molecule has 2 aromatic carbocycles. The Kier molecular flexibility index (Phi) is 5.60. The van der Waals surface area contributed by atoms with Crippen LogP contribution >= 0.6 is 0 Å². The number of ether oxygens (including phenoxy) is 1. The minimum absolute atomic E-state index is 0. The number of aromatic nitrogens is 2. The summed E-state index contributed by atoms with van der Waals surface area (Å²) in [5.41, 5.74) is 2.01. The molecule has 0 bridgehead atoms. The topological polar surface area (TPSA) is 67.2 Å². The molecule has 3 aromatic rings. The molecule has 1 aromatic heterocycles. The van der Waals surface area contributed by atoms with Gasteiger partial charge in [0.25, 0.3) is 0 Å². The smallest absolute Gasteiger partial charge is 0.546 e. The second kappa shape index (κ2) is 7.45. The van der Waals surface area contributed by atoms with E-state index in [1.165, 1.54) is 0 Å². The van der Waals surface area contributed by atoms with Crippen LogP contribution in [0.3, 0.4) is 0 Å². The van der Waals surface area contributed by atoms with Crippen molar-refractivity contribution in [1.29, 1.82) is 0 Å². The van der Waals surface area contributed by atoms with Gasteiger partial charge in [-0.1, -0.05) is 42.5 Å². The van der Waals surface area contributed by atoms with Crippen LogP contribution in [0.15, 0.2) is 54.6 Å². The Labute approximate surface area is 149 Å². The number of carbonyl (C=O) groups is 1. The van der Waals surface area contributed by atoms with E-state index in [9.17, 15) is 9.90 Å². The molecule has 106 valence electrons. The van der Waals surface area contributed by atoms with Crippen LogP contribution in [0.25, 0.3) is 10.9 Å². The van der Waals surface area contributed by atoms with Gasteiger partial charge in [0.15, 0.2) is 0 Å². The molecule has 3 rings (SSSR count). The summed E-state index contributed by atoms with van der Waals surface area (Å²) >= 11 is 0. The molecule has 0 saturated carbocycles. The van der Waals surface area contributed by atoms with E-state index in [1.807, 2.05) is 54.6 Å². The number of carboxylic acids is 1. The summed E-state index contributed by atoms with van der Waals surface area (Å²) in [6.45, 7) is 0.0857. The molecule has 5 nitrogen and oxygen atoms in total. The molecule has 0 radical (unpaired) electrons. The number of rotatable bonds is 5. The predicted molar refractivity (Wildman–Crippen MR) is 75.8 cm³/mol. The molecule has 0 N–H and O–H groups in total. The zero-order valence-corrected chi connectivity index (χ0v) is 14.2. The molecule has 0 aliphatic rings. The van der Waals surface area contributed by atoms with Gasteiger partial charge in [-0.25, -0.2) is 0 Å². The number of nitrogens with zero attached hydrogens (tertiary/aromatic N) is 2. The van der Waals surface area contributed by atoms with Gasteiger partial charge in [-0.2, -0.15) is 0 Å². The Morgan fingerprint density at radius 2 is 1.77 bits per heavy atom. The van der Waals surface area contributed by atoms with Gasteiger partial charge in [-0.15, -0.1) is 5.10 Å². The van der Waals surface area contributed by atoms with Crippen molar-refractivity contribution < 1.29 is 44.2 Å². The van der Waals surface area contributed by atoms with Crippen molar-refractivity contribution >= 4 is 16.9 Å². The molecule has 0 amide bonds. The van der Waals surface area contributed by atoms with Crippen LogP contribution in [0.4, 0.5) is 0 Å². The van der Waals surface area contributed by atoms with Gasteiger partial charge in [-0.3, -0.25) is 4.68 Å². The maximum Gasteiger partial charge on any atom is 1.00 e. The normalized spacial score (nSPS) is 10.2. The number of carboxylic acid groups (broad SMARTS) is 1. The fourth-order valence-electron chi connectivity index (χ4n) is 2.21. The van der Waals surface area contributed by atoms with Crippen molar-refractivity contribution in [2.75, 3.05) is 6.61 Å². The van der Waals surface area contributed by atoms with Crippen molar-refractivity contribution in [3.63, 3.8) is 0 Å². The van der Waals surface area contributed by atoms with E-state index in [2.05, 4.69) is 5.10 Å². The van der Waals surface area contributed by atoms with Gasteiger partial charge >= 0.3 is 29.6 Å². The van der Waals surface area contributed by atoms with E-state index in [-0.39, 0.29) is 29.6 Å². The molecule has 0 unspecified atom stereocenters. The van der Waals surface area contributed by atoms with Crippen molar-refractivity contribution in [1.82, 2.24) is 9.78 Å². The molecule has 0 aliphatic carbocycles. The van der Waals surface area contributed by atoms with Gasteiger partial charge in [0.2, 0.25) is 5.88 Å². The van der Waals surface area contributed by atoms with Crippen LogP contribution in [0.1, 0.15) is 5.56 Å². The molecule has 22 heavy (non-hydrogen) atoms. The Bertz CT molecular complexity index is 771. The van der Waals surface area contributed by atoms with E-state index < -0.39 is 12.6 Å². The number of hydrogen-bond acceptors (Lipinski definition) is 4. The monoisotopic (exact) mass is 304 g/mol. The molecular weight excluding hydrogens is 291 g/mol. The number of carbonyl (C=O) groups excluding carboxylic acids is 1. The zero-order chi connectivity index (χ0) is 14.7. The Balaban J connectivity index is 0.00000176. The summed E-state index contributed by atoms with van der Waals surface area (Å²) in [5.74, 6) is -0.956. The summed E-state index contributed by atoms with van der Waals surface area (Å²) in [7, 11) is 0. The minimum Gasteiger partial charge on any atom is -0.546 e. The molecule has 0 spiro atoms. The summed E-state index contributed by atoms with van der Waals surface area (Å²) < 4.78 is 7.01. The van der Waals surface area contributed by atoms with Crippen LogP contribution in [0.2, 0.25) is 0 Å². The minimum atomic E-state index is -1.27. The maximum absolute atomic E-state index is 10.5. The Hall–Kier alpha value is -1.82. The van der Waals surface area contributed by atoms with Crippen molar-refractivity contribution in [2.45, 2.75) is 6.54 Å². The SMILES string of the molecule is O=C([O-])COc1nn(Cc2ccccc2)c2ccccc12.[Na+]. The fourth-order valence-corrected chi connectivity index (χ4v) is 2.21. The van der Waals surface area contributed by atoms with E-state index in [4.69, 9.17) is 4.74 Å². The average molecular weight is 304 g/mol. The first-order valence-electron chi connectivity index (χ1n) is 6.56. The Morgan fingerprint density at radius 3 is 2.50 bits per heavy atom. The molecule has 0 fully saturated rings. The number of hydrogen-bond donors (Lipinski definition) is 0. The van der Waals surface area contributed by atoms with E-state index >= 15 is 0 Å². The van der Waals surface area contributed by atoms with Gasteiger partial charge in [0.1, 0.15) is 6.61 Å². The fraction of sp³-hybridized carbons (Fsp3) is 0.125. The molecular formula is C16H13N2NaO3. The first-order valence-corrected chi connectivity index (χ1v) is 6.56. The summed E-state index contributed by atoms with van der Waals surface area (Å²) in [6, 6.07) is 17.5. The number of fused-ring (bicyclic) bond motifs is 1. The van der Waals surface area contributed by atoms with Gasteiger partial charge < -0.3 is 14.6 Å². The number of para-hydroxylation sites is 1. The molecule has 0 saturated heterocycles. The average Bonchev–Trinajstić information content (AvgIpc) is 2.85. The molecule has 6 heteroatoms. The second-order valence-corrected chi connectivity index (χ2v) is 4.63. The van der Waals surface area contributed by atoms with Gasteiger partial charge in [-0.05, 0) is 17.7 Å². The molecule has 0 atom stereocenters. The van der Waals surface area contributed by atoms with Gasteiger partial charge in [0, 0.05) is 0 Å².